The molecule has 0 bridgehead atoms. The molecule has 0 amide bonds. The minimum absolute atomic E-state index is 0.304. The molecule has 15 heavy (non-hydrogen) atoms. The molecule has 4 nitrogen and oxygen atoms in total. The molecule has 0 aromatic rings. The van der Waals surface area contributed by atoms with E-state index >= 15 is 0 Å². The van der Waals surface area contributed by atoms with E-state index in [1.54, 1.807) is 0 Å². The molecule has 4 heteroatoms. The number of aliphatic carboxylic acids is 2. The van der Waals surface area contributed by atoms with Gasteiger partial charge in [-0.3, -0.25) is 9.59 Å². The first-order chi connectivity index (χ1) is 7.11. The van der Waals surface area contributed by atoms with Gasteiger partial charge in [0.05, 0.1) is 12.3 Å². The zero-order valence-corrected chi connectivity index (χ0v) is 8.61. The normalized spacial score (nSPS) is 18.8. The van der Waals surface area contributed by atoms with Crippen molar-refractivity contribution in [3.63, 3.8) is 0 Å². The SMILES string of the molecule is O=C(O)CC(C(=O)O)C1=CCCCCC1. The number of allylic oxidation sites excluding steroid dienone is 1. The van der Waals surface area contributed by atoms with E-state index in [1.165, 1.54) is 0 Å². The van der Waals surface area contributed by atoms with Crippen molar-refractivity contribution in [2.75, 3.05) is 0 Å². The molecule has 1 unspecified atom stereocenters. The quantitative estimate of drug-likeness (QED) is 0.699. The Morgan fingerprint density at radius 1 is 1.27 bits per heavy atom. The summed E-state index contributed by atoms with van der Waals surface area (Å²) in [7, 11) is 0. The molecule has 1 aliphatic carbocycles. The van der Waals surface area contributed by atoms with Crippen molar-refractivity contribution >= 4 is 11.9 Å². The van der Waals surface area contributed by atoms with E-state index in [9.17, 15) is 9.59 Å². The Labute approximate surface area is 88.6 Å². The fourth-order valence-corrected chi connectivity index (χ4v) is 1.91. The number of rotatable bonds is 4. The van der Waals surface area contributed by atoms with Gasteiger partial charge in [-0.1, -0.05) is 18.1 Å². The lowest BCUT2D eigenvalue weighted by atomic mass is 9.92. The number of hydrogen-bond acceptors (Lipinski definition) is 2. The van der Waals surface area contributed by atoms with Crippen LogP contribution in [0.1, 0.15) is 38.5 Å². The second kappa shape index (κ2) is 5.53. The molecule has 84 valence electrons. The largest absolute Gasteiger partial charge is 0.481 e. The van der Waals surface area contributed by atoms with E-state index in [0.29, 0.717) is 0 Å². The molecule has 0 aromatic carbocycles. The van der Waals surface area contributed by atoms with Crippen LogP contribution >= 0.6 is 0 Å². The predicted molar refractivity (Wildman–Crippen MR) is 54.5 cm³/mol. The molecule has 0 radical (unpaired) electrons. The fourth-order valence-electron chi connectivity index (χ4n) is 1.91. The molecule has 0 aromatic heterocycles. The molecule has 0 aliphatic heterocycles. The van der Waals surface area contributed by atoms with Gasteiger partial charge in [0.1, 0.15) is 0 Å². The van der Waals surface area contributed by atoms with Crippen molar-refractivity contribution in [1.82, 2.24) is 0 Å². The summed E-state index contributed by atoms with van der Waals surface area (Å²) >= 11 is 0. The molecule has 1 rings (SSSR count). The van der Waals surface area contributed by atoms with Crippen molar-refractivity contribution in [3.8, 4) is 0 Å². The smallest absolute Gasteiger partial charge is 0.311 e. The minimum Gasteiger partial charge on any atom is -0.481 e. The van der Waals surface area contributed by atoms with Gasteiger partial charge in [-0.05, 0) is 25.7 Å². The van der Waals surface area contributed by atoms with Crippen LogP contribution < -0.4 is 0 Å². The van der Waals surface area contributed by atoms with Crippen molar-refractivity contribution in [1.29, 1.82) is 0 Å². The highest BCUT2D eigenvalue weighted by molar-refractivity contribution is 5.80. The summed E-state index contributed by atoms with van der Waals surface area (Å²) < 4.78 is 0. The Bertz CT molecular complexity index is 280. The Morgan fingerprint density at radius 2 is 2.00 bits per heavy atom. The molecule has 2 N–H and O–H groups in total. The molecule has 0 fully saturated rings. The van der Waals surface area contributed by atoms with Crippen LogP contribution in [-0.4, -0.2) is 22.2 Å². The van der Waals surface area contributed by atoms with E-state index in [4.69, 9.17) is 10.2 Å². The van der Waals surface area contributed by atoms with Crippen molar-refractivity contribution < 1.29 is 19.8 Å². The Hall–Kier alpha value is -1.32. The monoisotopic (exact) mass is 212 g/mol. The third kappa shape index (κ3) is 3.73. The predicted octanol–water partition coefficient (Wildman–Crippen LogP) is 2.05. The number of hydrogen-bond donors (Lipinski definition) is 2. The fraction of sp³-hybridized carbons (Fsp3) is 0.636. The van der Waals surface area contributed by atoms with E-state index in [-0.39, 0.29) is 6.42 Å². The van der Waals surface area contributed by atoms with Gasteiger partial charge in [-0.15, -0.1) is 0 Å². The molecule has 1 atom stereocenters. The van der Waals surface area contributed by atoms with Crippen LogP contribution in [-0.2, 0) is 9.59 Å². The summed E-state index contributed by atoms with van der Waals surface area (Å²) in [6, 6.07) is 0. The Morgan fingerprint density at radius 3 is 2.60 bits per heavy atom. The highest BCUT2D eigenvalue weighted by atomic mass is 16.4. The minimum atomic E-state index is -1.05. The van der Waals surface area contributed by atoms with Crippen LogP contribution in [0.5, 0.6) is 0 Å². The maximum Gasteiger partial charge on any atom is 0.311 e. The van der Waals surface area contributed by atoms with Gasteiger partial charge in [0.15, 0.2) is 0 Å². The Balaban J connectivity index is 2.73. The molecular weight excluding hydrogens is 196 g/mol. The van der Waals surface area contributed by atoms with Gasteiger partial charge in [-0.25, -0.2) is 0 Å². The number of carboxylic acid groups (broad SMARTS) is 2. The summed E-state index contributed by atoms with van der Waals surface area (Å²) in [5.41, 5.74) is 0.794. The maximum absolute atomic E-state index is 10.9. The summed E-state index contributed by atoms with van der Waals surface area (Å²) in [6.45, 7) is 0. The zero-order valence-electron chi connectivity index (χ0n) is 8.61. The number of carboxylic acids is 2. The van der Waals surface area contributed by atoms with Gasteiger partial charge in [0, 0.05) is 0 Å². The van der Waals surface area contributed by atoms with Crippen molar-refractivity contribution in [3.05, 3.63) is 11.6 Å². The van der Waals surface area contributed by atoms with E-state index in [0.717, 1.165) is 37.7 Å². The van der Waals surface area contributed by atoms with Crippen LogP contribution in [0, 0.1) is 5.92 Å². The zero-order chi connectivity index (χ0) is 11.3. The second-order valence-electron chi connectivity index (χ2n) is 3.87. The van der Waals surface area contributed by atoms with E-state index < -0.39 is 17.9 Å². The molecule has 0 spiro atoms. The molecule has 0 saturated heterocycles. The summed E-state index contributed by atoms with van der Waals surface area (Å²) in [5, 5.41) is 17.6. The molecular formula is C11H16O4. The third-order valence-electron chi connectivity index (χ3n) is 2.70. The van der Waals surface area contributed by atoms with Crippen molar-refractivity contribution in [2.24, 2.45) is 5.92 Å². The van der Waals surface area contributed by atoms with E-state index in [1.807, 2.05) is 6.08 Å². The first-order valence-corrected chi connectivity index (χ1v) is 5.25. The average molecular weight is 212 g/mol. The third-order valence-corrected chi connectivity index (χ3v) is 2.70. The van der Waals surface area contributed by atoms with Crippen LogP contribution in [0.4, 0.5) is 0 Å². The lowest BCUT2D eigenvalue weighted by Crippen LogP contribution is -2.20. The summed E-state index contributed by atoms with van der Waals surface area (Å²) in [5.74, 6) is -2.90. The van der Waals surface area contributed by atoms with Gasteiger partial charge in [0.25, 0.3) is 0 Å². The standard InChI is InChI=1S/C11H16O4/c12-10(13)7-9(11(14)15)8-5-3-1-2-4-6-8/h5,9H,1-4,6-7H2,(H,12,13)(H,14,15). The lowest BCUT2D eigenvalue weighted by Gasteiger charge is -2.13. The molecule has 0 heterocycles. The van der Waals surface area contributed by atoms with Crippen molar-refractivity contribution in [2.45, 2.75) is 38.5 Å². The first kappa shape index (κ1) is 11.8. The van der Waals surface area contributed by atoms with Gasteiger partial charge in [-0.2, -0.15) is 0 Å². The Kier molecular flexibility index (Phi) is 4.34. The average Bonchev–Trinajstić information content (AvgIpc) is 2.41. The number of carbonyl (C=O) groups is 2. The summed E-state index contributed by atoms with van der Waals surface area (Å²) in [6.07, 6.45) is 6.34. The van der Waals surface area contributed by atoms with Crippen LogP contribution in [0.3, 0.4) is 0 Å². The van der Waals surface area contributed by atoms with Gasteiger partial charge >= 0.3 is 11.9 Å². The molecule has 0 saturated carbocycles. The second-order valence-corrected chi connectivity index (χ2v) is 3.87. The highest BCUT2D eigenvalue weighted by Crippen LogP contribution is 2.26. The highest BCUT2D eigenvalue weighted by Gasteiger charge is 2.25. The first-order valence-electron chi connectivity index (χ1n) is 5.25. The van der Waals surface area contributed by atoms with Crippen LogP contribution in [0.2, 0.25) is 0 Å². The van der Waals surface area contributed by atoms with Crippen LogP contribution in [0.25, 0.3) is 0 Å². The molecule has 1 aliphatic rings. The lowest BCUT2D eigenvalue weighted by molar-refractivity contribution is -0.147. The van der Waals surface area contributed by atoms with Crippen LogP contribution in [0.15, 0.2) is 11.6 Å². The topological polar surface area (TPSA) is 74.6 Å². The van der Waals surface area contributed by atoms with E-state index in [2.05, 4.69) is 0 Å². The summed E-state index contributed by atoms with van der Waals surface area (Å²) in [4.78, 5) is 21.5. The van der Waals surface area contributed by atoms with Gasteiger partial charge in [0.2, 0.25) is 0 Å². The van der Waals surface area contributed by atoms with Gasteiger partial charge < -0.3 is 10.2 Å². The maximum atomic E-state index is 10.9.